The molecule has 0 aliphatic heterocycles. The average Bonchev–Trinajstić information content (AvgIpc) is 3.01. The molecule has 2 N–H and O–H groups in total. The first kappa shape index (κ1) is 13.9. The number of nitrogens with two attached hydrogens (primary N) is 1. The standard InChI is InChI=1S/C17H21N3O/c1-2-21-14-9-5-8-13(10-14)17-19-15(11-16(18)20-17)12-6-3-4-7-12/h5,8-12H,2-4,6-7H2,1H3,(H2,18,19,20). The van der Waals surface area contributed by atoms with E-state index >= 15 is 0 Å². The summed E-state index contributed by atoms with van der Waals surface area (Å²) in [5.41, 5.74) is 8.01. The van der Waals surface area contributed by atoms with Crippen LogP contribution in [-0.2, 0) is 0 Å². The number of hydrogen-bond donors (Lipinski definition) is 1. The van der Waals surface area contributed by atoms with Crippen molar-refractivity contribution in [3.05, 3.63) is 36.0 Å². The molecule has 1 heterocycles. The van der Waals surface area contributed by atoms with Gasteiger partial charge in [0.05, 0.1) is 6.61 Å². The smallest absolute Gasteiger partial charge is 0.161 e. The Bertz CT molecular complexity index is 621. The molecule has 0 saturated heterocycles. The molecule has 2 aromatic rings. The average molecular weight is 283 g/mol. The number of hydrogen-bond acceptors (Lipinski definition) is 4. The quantitative estimate of drug-likeness (QED) is 0.927. The lowest BCUT2D eigenvalue weighted by Gasteiger charge is -2.11. The highest BCUT2D eigenvalue weighted by atomic mass is 16.5. The zero-order valence-corrected chi connectivity index (χ0v) is 12.4. The van der Waals surface area contributed by atoms with Crippen molar-refractivity contribution in [2.45, 2.75) is 38.5 Å². The number of nitrogens with zero attached hydrogens (tertiary/aromatic N) is 2. The van der Waals surface area contributed by atoms with Crippen LogP contribution in [0.2, 0.25) is 0 Å². The normalized spacial score (nSPS) is 15.3. The lowest BCUT2D eigenvalue weighted by molar-refractivity contribution is 0.340. The van der Waals surface area contributed by atoms with E-state index in [4.69, 9.17) is 15.5 Å². The first-order valence-electron chi connectivity index (χ1n) is 7.64. The Hall–Kier alpha value is -2.10. The van der Waals surface area contributed by atoms with Crippen LogP contribution < -0.4 is 10.5 Å². The van der Waals surface area contributed by atoms with E-state index in [1.165, 1.54) is 25.7 Å². The van der Waals surface area contributed by atoms with Gasteiger partial charge >= 0.3 is 0 Å². The minimum absolute atomic E-state index is 0.532. The summed E-state index contributed by atoms with van der Waals surface area (Å²) in [7, 11) is 0. The number of aromatic nitrogens is 2. The van der Waals surface area contributed by atoms with Crippen LogP contribution in [0.3, 0.4) is 0 Å². The molecular formula is C17H21N3O. The van der Waals surface area contributed by atoms with Gasteiger partial charge < -0.3 is 10.5 Å². The topological polar surface area (TPSA) is 61.0 Å². The van der Waals surface area contributed by atoms with E-state index in [2.05, 4.69) is 4.98 Å². The second-order valence-corrected chi connectivity index (χ2v) is 5.48. The number of anilines is 1. The van der Waals surface area contributed by atoms with Gasteiger partial charge in [-0.1, -0.05) is 25.0 Å². The molecule has 1 fully saturated rings. The van der Waals surface area contributed by atoms with Gasteiger partial charge in [-0.2, -0.15) is 0 Å². The second-order valence-electron chi connectivity index (χ2n) is 5.48. The molecular weight excluding hydrogens is 262 g/mol. The van der Waals surface area contributed by atoms with E-state index in [9.17, 15) is 0 Å². The van der Waals surface area contributed by atoms with Crippen LogP contribution in [0.15, 0.2) is 30.3 Å². The summed E-state index contributed by atoms with van der Waals surface area (Å²) >= 11 is 0. The summed E-state index contributed by atoms with van der Waals surface area (Å²) in [5, 5.41) is 0. The van der Waals surface area contributed by atoms with Crippen molar-refractivity contribution in [2.24, 2.45) is 0 Å². The van der Waals surface area contributed by atoms with Crippen molar-refractivity contribution in [1.82, 2.24) is 9.97 Å². The molecule has 0 atom stereocenters. The van der Waals surface area contributed by atoms with Crippen LogP contribution in [0, 0.1) is 0 Å². The molecule has 1 aromatic heterocycles. The van der Waals surface area contributed by atoms with E-state index in [0.717, 1.165) is 17.0 Å². The van der Waals surface area contributed by atoms with E-state index in [-0.39, 0.29) is 0 Å². The SMILES string of the molecule is CCOc1cccc(-c2nc(N)cc(C3CCCC3)n2)c1. The highest BCUT2D eigenvalue weighted by Gasteiger charge is 2.20. The van der Waals surface area contributed by atoms with Gasteiger partial charge in [0.15, 0.2) is 5.82 Å². The summed E-state index contributed by atoms with van der Waals surface area (Å²) in [6.45, 7) is 2.62. The van der Waals surface area contributed by atoms with Gasteiger partial charge in [0.2, 0.25) is 0 Å². The van der Waals surface area contributed by atoms with Gasteiger partial charge in [0, 0.05) is 23.2 Å². The summed E-state index contributed by atoms with van der Waals surface area (Å²) in [6, 6.07) is 9.79. The summed E-state index contributed by atoms with van der Waals surface area (Å²) in [4.78, 5) is 9.13. The maximum Gasteiger partial charge on any atom is 0.161 e. The van der Waals surface area contributed by atoms with Crippen LogP contribution >= 0.6 is 0 Å². The zero-order valence-electron chi connectivity index (χ0n) is 12.4. The van der Waals surface area contributed by atoms with Gasteiger partial charge in [-0.3, -0.25) is 0 Å². The molecule has 110 valence electrons. The third-order valence-electron chi connectivity index (χ3n) is 3.94. The first-order valence-corrected chi connectivity index (χ1v) is 7.64. The third-order valence-corrected chi connectivity index (χ3v) is 3.94. The fourth-order valence-electron chi connectivity index (χ4n) is 2.94. The molecule has 0 amide bonds. The maximum absolute atomic E-state index is 5.98. The van der Waals surface area contributed by atoms with Crippen LogP contribution in [-0.4, -0.2) is 16.6 Å². The largest absolute Gasteiger partial charge is 0.494 e. The molecule has 3 rings (SSSR count). The van der Waals surface area contributed by atoms with Gasteiger partial charge in [-0.05, 0) is 31.9 Å². The van der Waals surface area contributed by atoms with E-state index in [1.807, 2.05) is 37.3 Å². The van der Waals surface area contributed by atoms with Crippen molar-refractivity contribution in [1.29, 1.82) is 0 Å². The van der Waals surface area contributed by atoms with Crippen molar-refractivity contribution in [3.8, 4) is 17.1 Å². The fraction of sp³-hybridized carbons (Fsp3) is 0.412. The Labute approximate surface area is 125 Å². The lowest BCUT2D eigenvalue weighted by atomic mass is 10.0. The van der Waals surface area contributed by atoms with Gasteiger partial charge in [-0.15, -0.1) is 0 Å². The molecule has 1 aliphatic rings. The van der Waals surface area contributed by atoms with Crippen molar-refractivity contribution in [3.63, 3.8) is 0 Å². The predicted octanol–water partition coefficient (Wildman–Crippen LogP) is 3.78. The minimum Gasteiger partial charge on any atom is -0.494 e. The van der Waals surface area contributed by atoms with Gasteiger partial charge in [-0.25, -0.2) is 9.97 Å². The molecule has 21 heavy (non-hydrogen) atoms. The van der Waals surface area contributed by atoms with Crippen LogP contribution in [0.5, 0.6) is 5.75 Å². The third kappa shape index (κ3) is 3.15. The second kappa shape index (κ2) is 6.12. The summed E-state index contributed by atoms with van der Waals surface area (Å²) in [6.07, 6.45) is 4.97. The Morgan fingerprint density at radius 1 is 1.19 bits per heavy atom. The lowest BCUT2D eigenvalue weighted by Crippen LogP contribution is -2.03. The van der Waals surface area contributed by atoms with Crippen molar-refractivity contribution >= 4 is 5.82 Å². The molecule has 1 aromatic carbocycles. The van der Waals surface area contributed by atoms with Gasteiger partial charge in [0.1, 0.15) is 11.6 Å². The Morgan fingerprint density at radius 3 is 2.76 bits per heavy atom. The van der Waals surface area contributed by atoms with Crippen LogP contribution in [0.1, 0.15) is 44.2 Å². The highest BCUT2D eigenvalue weighted by molar-refractivity contribution is 5.59. The molecule has 0 unspecified atom stereocenters. The Morgan fingerprint density at radius 2 is 2.00 bits per heavy atom. The number of nitrogen functional groups attached to an aromatic ring is 1. The molecule has 0 spiro atoms. The molecule has 4 nitrogen and oxygen atoms in total. The fourth-order valence-corrected chi connectivity index (χ4v) is 2.94. The Balaban J connectivity index is 1.95. The van der Waals surface area contributed by atoms with Crippen molar-refractivity contribution < 1.29 is 4.74 Å². The first-order chi connectivity index (χ1) is 10.3. The monoisotopic (exact) mass is 283 g/mol. The summed E-state index contributed by atoms with van der Waals surface area (Å²) in [5.74, 6) is 2.61. The number of rotatable bonds is 4. The number of ether oxygens (including phenoxy) is 1. The predicted molar refractivity (Wildman–Crippen MR) is 84.3 cm³/mol. The van der Waals surface area contributed by atoms with E-state index in [1.54, 1.807) is 0 Å². The van der Waals surface area contributed by atoms with E-state index in [0.29, 0.717) is 24.2 Å². The molecule has 0 bridgehead atoms. The molecule has 1 aliphatic carbocycles. The minimum atomic E-state index is 0.532. The number of benzene rings is 1. The van der Waals surface area contributed by atoms with Crippen molar-refractivity contribution in [2.75, 3.05) is 12.3 Å². The maximum atomic E-state index is 5.98. The van der Waals surface area contributed by atoms with Gasteiger partial charge in [0.25, 0.3) is 0 Å². The summed E-state index contributed by atoms with van der Waals surface area (Å²) < 4.78 is 5.54. The Kier molecular flexibility index (Phi) is 4.04. The van der Waals surface area contributed by atoms with Crippen LogP contribution in [0.4, 0.5) is 5.82 Å². The zero-order chi connectivity index (χ0) is 14.7. The van der Waals surface area contributed by atoms with E-state index < -0.39 is 0 Å². The molecule has 0 radical (unpaired) electrons. The molecule has 1 saturated carbocycles. The molecule has 4 heteroatoms. The van der Waals surface area contributed by atoms with Crippen LogP contribution in [0.25, 0.3) is 11.4 Å². The highest BCUT2D eigenvalue weighted by Crippen LogP contribution is 2.34.